The molecule has 1 aliphatic heterocycles. The van der Waals surface area contributed by atoms with Crippen molar-refractivity contribution in [2.45, 2.75) is 24.7 Å². The van der Waals surface area contributed by atoms with Gasteiger partial charge in [-0.1, -0.05) is 0 Å². The second-order valence-electron chi connectivity index (χ2n) is 7.41. The number of methoxy groups -OCH3 is 1. The summed E-state index contributed by atoms with van der Waals surface area (Å²) in [5.41, 5.74) is 5.90. The molecule has 1 saturated heterocycles. The maximum Gasteiger partial charge on any atom is -1.00 e. The number of benzene rings is 2. The van der Waals surface area contributed by atoms with E-state index in [0.717, 1.165) is 9.38 Å². The number of fused-ring (bicyclic) bond motifs is 3. The summed E-state index contributed by atoms with van der Waals surface area (Å²) in [6, 6.07) is 15.7. The molecule has 0 aromatic heterocycles. The normalized spacial score (nSPS) is 24.5. The van der Waals surface area contributed by atoms with Crippen molar-refractivity contribution in [2.75, 3.05) is 7.11 Å². The molecule has 1 fully saturated rings. The van der Waals surface area contributed by atoms with E-state index in [4.69, 9.17) is 4.74 Å². The Hall–Kier alpha value is -0.817. The van der Waals surface area contributed by atoms with Crippen molar-refractivity contribution >= 4 is 0 Å². The van der Waals surface area contributed by atoms with Crippen molar-refractivity contribution < 1.29 is 49.8 Å². The summed E-state index contributed by atoms with van der Waals surface area (Å²) < 4.78 is 10.7. The molecule has 0 spiro atoms. The zero-order valence-electron chi connectivity index (χ0n) is 15.0. The molecule has 0 saturated carbocycles. The van der Waals surface area contributed by atoms with Gasteiger partial charge >= 0.3 is 149 Å². The molecule has 5 rings (SSSR count). The molecular formula is C22H22Cl2OZr. The molecule has 1 nitrogen and oxygen atoms in total. The maximum atomic E-state index is 5.74. The predicted molar refractivity (Wildman–Crippen MR) is 96.3 cm³/mol. The Morgan fingerprint density at radius 1 is 1.00 bits per heavy atom. The van der Waals surface area contributed by atoms with Crippen LogP contribution < -0.4 is 29.6 Å². The van der Waals surface area contributed by atoms with Crippen LogP contribution >= 0.6 is 0 Å². The van der Waals surface area contributed by atoms with Crippen molar-refractivity contribution in [1.29, 1.82) is 0 Å². The molecule has 3 aliphatic rings. The van der Waals surface area contributed by atoms with Gasteiger partial charge in [-0.25, -0.2) is 0 Å². The quantitative estimate of drug-likeness (QED) is 0.622. The molecule has 1 heterocycles. The molecule has 3 atom stereocenters. The zero-order chi connectivity index (χ0) is 16.3. The van der Waals surface area contributed by atoms with Gasteiger partial charge in [-0.3, -0.25) is 0 Å². The topological polar surface area (TPSA) is 9.23 Å². The van der Waals surface area contributed by atoms with Gasteiger partial charge in [0.15, 0.2) is 0 Å². The Morgan fingerprint density at radius 3 is 2.38 bits per heavy atom. The van der Waals surface area contributed by atoms with Crippen LogP contribution in [0.5, 0.6) is 5.75 Å². The van der Waals surface area contributed by atoms with E-state index in [1.807, 2.05) is 3.28 Å². The fourth-order valence-electron chi connectivity index (χ4n) is 5.22. The second kappa shape index (κ2) is 7.30. The third kappa shape index (κ3) is 2.60. The van der Waals surface area contributed by atoms with Crippen molar-refractivity contribution in [3.8, 4) is 16.9 Å². The van der Waals surface area contributed by atoms with Crippen LogP contribution in [0, 0.1) is 0 Å². The van der Waals surface area contributed by atoms with Gasteiger partial charge < -0.3 is 24.8 Å². The van der Waals surface area contributed by atoms with Gasteiger partial charge in [-0.05, 0) is 0 Å². The van der Waals surface area contributed by atoms with Crippen LogP contribution in [0.2, 0.25) is 7.75 Å². The van der Waals surface area contributed by atoms with Crippen LogP contribution in [0.4, 0.5) is 0 Å². The number of rotatable bonds is 3. The minimum Gasteiger partial charge on any atom is -1.00 e. The van der Waals surface area contributed by atoms with Crippen molar-refractivity contribution in [3.63, 3.8) is 0 Å². The van der Waals surface area contributed by atoms with Gasteiger partial charge in [0.05, 0.1) is 0 Å². The molecule has 0 radical (unpaired) electrons. The van der Waals surface area contributed by atoms with E-state index in [2.05, 4.69) is 67.6 Å². The van der Waals surface area contributed by atoms with Crippen LogP contribution in [0.1, 0.15) is 28.1 Å². The molecular weight excluding hydrogens is 442 g/mol. The van der Waals surface area contributed by atoms with E-state index in [0.29, 0.717) is 3.63 Å². The van der Waals surface area contributed by atoms with E-state index in [1.54, 1.807) is 18.2 Å². The summed E-state index contributed by atoms with van der Waals surface area (Å²) in [6.45, 7) is 2.51. The molecule has 3 unspecified atom stereocenters. The van der Waals surface area contributed by atoms with E-state index in [9.17, 15) is 0 Å². The summed E-state index contributed by atoms with van der Waals surface area (Å²) in [5.74, 6) is 1.04. The van der Waals surface area contributed by atoms with E-state index < -0.39 is 20.3 Å². The van der Waals surface area contributed by atoms with Crippen molar-refractivity contribution in [2.24, 2.45) is 0 Å². The van der Waals surface area contributed by atoms with Gasteiger partial charge in [0.2, 0.25) is 0 Å². The summed E-state index contributed by atoms with van der Waals surface area (Å²) in [5, 5.41) is 0. The summed E-state index contributed by atoms with van der Waals surface area (Å²) in [6.07, 6.45) is 8.30. The van der Waals surface area contributed by atoms with Crippen molar-refractivity contribution in [1.82, 2.24) is 0 Å². The fraction of sp³-hybridized carbons (Fsp3) is 0.273. The monoisotopic (exact) mass is 462 g/mol. The van der Waals surface area contributed by atoms with Crippen LogP contribution in [0.3, 0.4) is 0 Å². The van der Waals surface area contributed by atoms with Gasteiger partial charge in [0.25, 0.3) is 0 Å². The number of hydrogen-bond donors (Lipinski definition) is 0. The van der Waals surface area contributed by atoms with Crippen LogP contribution in [0.15, 0.2) is 64.0 Å². The number of allylic oxidation sites excluding steroid dienone is 4. The fourth-order valence-corrected chi connectivity index (χ4v) is 21.9. The smallest absolute Gasteiger partial charge is 1.00 e. The Labute approximate surface area is 172 Å². The Balaban J connectivity index is 0.000000980. The van der Waals surface area contributed by atoms with E-state index >= 15 is 0 Å². The molecule has 0 amide bonds. The molecule has 0 N–H and O–H groups in total. The van der Waals surface area contributed by atoms with E-state index in [-0.39, 0.29) is 24.8 Å². The first-order valence-corrected chi connectivity index (χ1v) is 14.7. The first-order chi connectivity index (χ1) is 11.8. The first-order valence-electron chi connectivity index (χ1n) is 8.89. The zero-order valence-corrected chi connectivity index (χ0v) is 19.0. The largest absolute Gasteiger partial charge is 1.00 e. The Morgan fingerprint density at radius 2 is 1.73 bits per heavy atom. The third-order valence-electron chi connectivity index (χ3n) is 6.38. The minimum atomic E-state index is -2.39. The molecule has 2 aromatic rings. The summed E-state index contributed by atoms with van der Waals surface area (Å²) in [7, 11) is 1.80. The van der Waals surface area contributed by atoms with Crippen LogP contribution in [-0.2, 0) is 20.3 Å². The average Bonchev–Trinajstić information content (AvgIpc) is 3.01. The first kappa shape index (κ1) is 19.9. The molecule has 134 valence electrons. The van der Waals surface area contributed by atoms with E-state index in [1.165, 1.54) is 21.7 Å². The molecule has 2 aliphatic carbocycles. The van der Waals surface area contributed by atoms with Gasteiger partial charge in [0.1, 0.15) is 0 Å². The maximum absolute atomic E-state index is 5.74. The molecule has 26 heavy (non-hydrogen) atoms. The minimum absolute atomic E-state index is 0. The third-order valence-corrected chi connectivity index (χ3v) is 21.0. The number of halogens is 2. The summed E-state index contributed by atoms with van der Waals surface area (Å²) >= 11 is -2.39. The summed E-state index contributed by atoms with van der Waals surface area (Å²) in [4.78, 5) is 0. The van der Waals surface area contributed by atoms with Gasteiger partial charge in [-0.2, -0.15) is 0 Å². The number of ether oxygens (including phenoxy) is 1. The molecule has 0 bridgehead atoms. The molecule has 2 aromatic carbocycles. The van der Waals surface area contributed by atoms with Gasteiger partial charge in [0, 0.05) is 0 Å². The Kier molecular flexibility index (Phi) is 5.60. The number of hydrogen-bond acceptors (Lipinski definition) is 1. The standard InChI is InChI=1S/C14H11O.C5H5.C3H6.2ClH.Zr/c1-15-13-8-4-6-11-9-10-5-2-3-7-12(10)14(11)13;1-2-4-5-3-1;1-3-2;;;/h2-9H,1H3;1-3H,4H2;3H,1H2,2H3;2*1H;/q;;;;;+2/p-2. The van der Waals surface area contributed by atoms with Crippen LogP contribution in [-0.4, -0.2) is 7.11 Å². The van der Waals surface area contributed by atoms with Crippen molar-refractivity contribution in [3.05, 3.63) is 75.1 Å². The average molecular weight is 465 g/mol. The SMILES string of the molecule is COc1cccc2c1-c1ccccc1[CH]2[Zr+2]1([C]2=CC=CC2)[CH2][CH]1C.[Cl-].[Cl-]. The Bertz CT molecular complexity index is 905. The second-order valence-corrected chi connectivity index (χ2v) is 19.0. The van der Waals surface area contributed by atoms with Crippen LogP contribution in [0.25, 0.3) is 11.1 Å². The predicted octanol–water partition coefficient (Wildman–Crippen LogP) is 0.0110. The van der Waals surface area contributed by atoms with Gasteiger partial charge in [-0.15, -0.1) is 0 Å². The molecule has 4 heteroatoms.